The molecule has 0 radical (unpaired) electrons. The van der Waals surface area contributed by atoms with Crippen molar-refractivity contribution in [3.05, 3.63) is 29.3 Å². The van der Waals surface area contributed by atoms with Gasteiger partial charge in [0, 0.05) is 5.41 Å². The minimum Gasteiger partial charge on any atom is -0.490 e. The van der Waals surface area contributed by atoms with Gasteiger partial charge in [0.2, 0.25) is 0 Å². The Labute approximate surface area is 168 Å². The van der Waals surface area contributed by atoms with Crippen LogP contribution < -0.4 is 4.74 Å². The zero-order chi connectivity index (χ0) is 19.5. The molecule has 0 saturated heterocycles. The smallest absolute Gasteiger partial charge is 0.156 e. The third-order valence-corrected chi connectivity index (χ3v) is 8.74. The Morgan fingerprint density at radius 2 is 1.96 bits per heavy atom. The van der Waals surface area contributed by atoms with E-state index in [1.807, 2.05) is 0 Å². The number of benzene rings is 1. The molecule has 3 saturated carbocycles. The molecule has 0 amide bonds. The summed E-state index contributed by atoms with van der Waals surface area (Å²) in [6.45, 7) is 2.11. The summed E-state index contributed by atoms with van der Waals surface area (Å²) < 4.78 is 6.23. The molecule has 6 atom stereocenters. The molecule has 2 N–H and O–H groups in total. The molecule has 4 aliphatic rings. The Hall–Kier alpha value is -1.50. The van der Waals surface area contributed by atoms with Crippen molar-refractivity contribution in [1.82, 2.24) is 0 Å². The van der Waals surface area contributed by atoms with Gasteiger partial charge in [0.25, 0.3) is 0 Å². The van der Waals surface area contributed by atoms with Crippen molar-refractivity contribution in [3.63, 3.8) is 0 Å². The number of rotatable bonds is 2. The molecule has 0 aliphatic heterocycles. The lowest BCUT2D eigenvalue weighted by Gasteiger charge is -2.52. The first-order chi connectivity index (χ1) is 13.5. The highest BCUT2D eigenvalue weighted by Gasteiger charge is 2.65. The maximum absolute atomic E-state index is 11.1. The van der Waals surface area contributed by atoms with Gasteiger partial charge in [0.15, 0.2) is 5.60 Å². The molecule has 28 heavy (non-hydrogen) atoms. The highest BCUT2D eigenvalue weighted by Crippen LogP contribution is 2.64. The summed E-state index contributed by atoms with van der Waals surface area (Å²) in [4.78, 5) is 0. The van der Waals surface area contributed by atoms with Gasteiger partial charge in [-0.25, -0.2) is 0 Å². The maximum Gasteiger partial charge on any atom is 0.156 e. The molecule has 3 fully saturated rings. The summed E-state index contributed by atoms with van der Waals surface area (Å²) in [6.07, 6.45) is 14.9. The predicted octanol–water partition coefficient (Wildman–Crippen LogP) is 4.20. The number of hydrogen-bond acceptors (Lipinski definition) is 3. The second-order valence-electron chi connectivity index (χ2n) is 9.92. The van der Waals surface area contributed by atoms with E-state index in [0.717, 1.165) is 31.4 Å². The molecule has 3 nitrogen and oxygen atoms in total. The number of ether oxygens (including phenoxy) is 1. The van der Waals surface area contributed by atoms with Crippen molar-refractivity contribution in [3.8, 4) is 18.1 Å². The third kappa shape index (κ3) is 2.50. The fourth-order valence-corrected chi connectivity index (χ4v) is 7.11. The third-order valence-electron chi connectivity index (χ3n) is 8.74. The Balaban J connectivity index is 1.41. The van der Waals surface area contributed by atoms with Gasteiger partial charge in [-0.15, -0.1) is 6.42 Å². The van der Waals surface area contributed by atoms with Crippen molar-refractivity contribution in [1.29, 1.82) is 0 Å². The number of aryl methyl sites for hydroxylation is 1. The summed E-state index contributed by atoms with van der Waals surface area (Å²) in [7, 11) is 0. The molecule has 0 spiro atoms. The molecule has 0 heterocycles. The average molecular weight is 381 g/mol. The van der Waals surface area contributed by atoms with Crippen LogP contribution in [0.3, 0.4) is 0 Å². The van der Waals surface area contributed by atoms with Crippen LogP contribution in [0.2, 0.25) is 0 Å². The monoisotopic (exact) mass is 380 g/mol. The number of terminal acetylenes is 1. The van der Waals surface area contributed by atoms with Crippen molar-refractivity contribution in [2.24, 2.45) is 17.3 Å². The molecule has 0 aromatic heterocycles. The van der Waals surface area contributed by atoms with Crippen molar-refractivity contribution in [2.45, 2.75) is 88.4 Å². The normalized spacial score (nSPS) is 42.4. The first-order valence-electron chi connectivity index (χ1n) is 11.1. The van der Waals surface area contributed by atoms with Gasteiger partial charge < -0.3 is 14.9 Å². The Morgan fingerprint density at radius 1 is 1.18 bits per heavy atom. The molecular formula is C25H32O3. The first kappa shape index (κ1) is 18.5. The van der Waals surface area contributed by atoms with Gasteiger partial charge in [-0.2, -0.15) is 0 Å². The average Bonchev–Trinajstić information content (AvgIpc) is 3.27. The van der Waals surface area contributed by atoms with Gasteiger partial charge in [-0.3, -0.25) is 0 Å². The van der Waals surface area contributed by atoms with Crippen LogP contribution >= 0.6 is 0 Å². The van der Waals surface area contributed by atoms with Crippen LogP contribution in [0, 0.1) is 29.6 Å². The number of hydrogen-bond donors (Lipinski definition) is 2. The number of aliphatic hydroxyl groups is 2. The van der Waals surface area contributed by atoms with Crippen molar-refractivity contribution < 1.29 is 14.9 Å². The molecule has 1 aromatic rings. The molecular weight excluding hydrogens is 348 g/mol. The lowest BCUT2D eigenvalue weighted by molar-refractivity contribution is -0.101. The van der Waals surface area contributed by atoms with E-state index in [9.17, 15) is 10.2 Å². The molecule has 150 valence electrons. The van der Waals surface area contributed by atoms with E-state index in [1.165, 1.54) is 36.8 Å². The molecule has 1 aromatic carbocycles. The van der Waals surface area contributed by atoms with Gasteiger partial charge >= 0.3 is 0 Å². The fourth-order valence-electron chi connectivity index (χ4n) is 7.11. The number of aliphatic hydroxyl groups excluding tert-OH is 1. The van der Waals surface area contributed by atoms with Crippen LogP contribution in [-0.2, 0) is 6.42 Å². The largest absolute Gasteiger partial charge is 0.490 e. The zero-order valence-electron chi connectivity index (χ0n) is 16.9. The lowest BCUT2D eigenvalue weighted by Crippen LogP contribution is -2.53. The quantitative estimate of drug-likeness (QED) is 0.756. The first-order valence-corrected chi connectivity index (χ1v) is 11.1. The van der Waals surface area contributed by atoms with Gasteiger partial charge in [-0.05, 0) is 98.8 Å². The van der Waals surface area contributed by atoms with E-state index in [-0.39, 0.29) is 11.3 Å². The molecule has 0 unspecified atom stereocenters. The summed E-state index contributed by atoms with van der Waals surface area (Å²) in [5.41, 5.74) is 1.13. The number of fused-ring (bicyclic) bond motifs is 5. The maximum atomic E-state index is 11.1. The standard InChI is InChI=1S/C25H32O3/c1-3-25(27)23(26)15-22-21-10-8-16-14-18(28-17-6-4-5-7-17)9-11-19(16)20(21)12-13-24(22,25)2/h1,9,11,14,17,20-23,26-27H,4-8,10,12-13,15H2,2H3/t20-,21-,22-,23+,24-,25-/m0/s1. The minimum absolute atomic E-state index is 0.282. The van der Waals surface area contributed by atoms with Crippen LogP contribution in [0.1, 0.15) is 75.3 Å². The Bertz CT molecular complexity index is 805. The lowest BCUT2D eigenvalue weighted by atomic mass is 9.53. The fraction of sp³-hybridized carbons (Fsp3) is 0.680. The summed E-state index contributed by atoms with van der Waals surface area (Å²) in [5, 5.41) is 21.7. The molecule has 0 bridgehead atoms. The van der Waals surface area contributed by atoms with Crippen molar-refractivity contribution >= 4 is 0 Å². The van der Waals surface area contributed by atoms with Gasteiger partial charge in [-0.1, -0.05) is 18.9 Å². The second-order valence-corrected chi connectivity index (χ2v) is 9.92. The Morgan fingerprint density at radius 3 is 2.71 bits per heavy atom. The van der Waals surface area contributed by atoms with E-state index >= 15 is 0 Å². The van der Waals surface area contributed by atoms with E-state index in [1.54, 1.807) is 0 Å². The Kier molecular flexibility index (Phi) is 4.30. The highest BCUT2D eigenvalue weighted by molar-refractivity contribution is 5.41. The zero-order valence-corrected chi connectivity index (χ0v) is 16.9. The van der Waals surface area contributed by atoms with Gasteiger partial charge in [0.1, 0.15) is 5.75 Å². The summed E-state index contributed by atoms with van der Waals surface area (Å²) in [6, 6.07) is 6.73. The van der Waals surface area contributed by atoms with Crippen molar-refractivity contribution in [2.75, 3.05) is 0 Å². The van der Waals surface area contributed by atoms with E-state index in [0.29, 0.717) is 24.4 Å². The SMILES string of the molecule is C#C[C@]1(O)[C@H](O)C[C@H]2[C@H]3CCc4cc(OC5CCCC5)ccc4[C@@H]3CC[C@@]21C. The van der Waals surface area contributed by atoms with Crippen LogP contribution in [0.4, 0.5) is 0 Å². The van der Waals surface area contributed by atoms with Crippen LogP contribution in [-0.4, -0.2) is 28.0 Å². The predicted molar refractivity (Wildman–Crippen MR) is 109 cm³/mol. The summed E-state index contributed by atoms with van der Waals surface area (Å²) in [5.74, 6) is 4.89. The molecule has 5 rings (SSSR count). The summed E-state index contributed by atoms with van der Waals surface area (Å²) >= 11 is 0. The van der Waals surface area contributed by atoms with Crippen LogP contribution in [0.5, 0.6) is 5.75 Å². The van der Waals surface area contributed by atoms with Gasteiger partial charge in [0.05, 0.1) is 12.2 Å². The van der Waals surface area contributed by atoms with E-state index in [4.69, 9.17) is 11.2 Å². The molecule has 4 aliphatic carbocycles. The molecule has 3 heteroatoms. The van der Waals surface area contributed by atoms with Crippen LogP contribution in [0.15, 0.2) is 18.2 Å². The van der Waals surface area contributed by atoms with E-state index < -0.39 is 11.7 Å². The topological polar surface area (TPSA) is 49.7 Å². The minimum atomic E-state index is -1.39. The second kappa shape index (κ2) is 6.51. The van der Waals surface area contributed by atoms with E-state index in [2.05, 4.69) is 31.0 Å². The highest BCUT2D eigenvalue weighted by atomic mass is 16.5. The van der Waals surface area contributed by atoms with Crippen LogP contribution in [0.25, 0.3) is 0 Å².